The zero-order valence-corrected chi connectivity index (χ0v) is 9.46. The number of rotatable bonds is 3. The molecule has 0 saturated heterocycles. The lowest BCUT2D eigenvalue weighted by molar-refractivity contribution is 0.0951. The van der Waals surface area contributed by atoms with E-state index in [4.69, 9.17) is 11.6 Å². The summed E-state index contributed by atoms with van der Waals surface area (Å²) in [6, 6.07) is 4.04. The molecule has 1 aromatic carbocycles. The SMILES string of the molecule is O=C(NCc1ccc(F)cc1Cl)c1cn[nH]c1. The second kappa shape index (κ2) is 4.97. The van der Waals surface area contributed by atoms with Gasteiger partial charge in [-0.1, -0.05) is 17.7 Å². The lowest BCUT2D eigenvalue weighted by Gasteiger charge is -2.05. The van der Waals surface area contributed by atoms with E-state index in [0.717, 1.165) is 0 Å². The maximum atomic E-state index is 12.8. The zero-order valence-electron chi connectivity index (χ0n) is 8.71. The number of H-pyrrole nitrogens is 1. The van der Waals surface area contributed by atoms with Crippen LogP contribution in [0.5, 0.6) is 0 Å². The second-order valence-corrected chi connectivity index (χ2v) is 3.81. The molecule has 0 spiro atoms. The first-order valence-corrected chi connectivity index (χ1v) is 5.25. The van der Waals surface area contributed by atoms with Crippen LogP contribution in [0.25, 0.3) is 0 Å². The van der Waals surface area contributed by atoms with Crippen molar-refractivity contribution in [2.75, 3.05) is 0 Å². The molecule has 0 aliphatic heterocycles. The van der Waals surface area contributed by atoms with Gasteiger partial charge >= 0.3 is 0 Å². The summed E-state index contributed by atoms with van der Waals surface area (Å²) >= 11 is 5.83. The van der Waals surface area contributed by atoms with Gasteiger partial charge in [0, 0.05) is 17.8 Å². The van der Waals surface area contributed by atoms with Gasteiger partial charge < -0.3 is 5.32 Å². The first kappa shape index (κ1) is 11.6. The summed E-state index contributed by atoms with van der Waals surface area (Å²) in [7, 11) is 0. The fraction of sp³-hybridized carbons (Fsp3) is 0.0909. The molecule has 4 nitrogen and oxygen atoms in total. The predicted octanol–water partition coefficient (Wildman–Crippen LogP) is 2.13. The average Bonchev–Trinajstić information content (AvgIpc) is 2.81. The van der Waals surface area contributed by atoms with Crippen LogP contribution in [0.2, 0.25) is 5.02 Å². The van der Waals surface area contributed by atoms with Crippen LogP contribution in [0.3, 0.4) is 0 Å². The fourth-order valence-corrected chi connectivity index (χ4v) is 1.55. The first-order valence-electron chi connectivity index (χ1n) is 4.88. The molecule has 0 atom stereocenters. The van der Waals surface area contributed by atoms with E-state index in [0.29, 0.717) is 11.1 Å². The van der Waals surface area contributed by atoms with Crippen molar-refractivity contribution < 1.29 is 9.18 Å². The number of benzene rings is 1. The van der Waals surface area contributed by atoms with E-state index in [1.165, 1.54) is 30.6 Å². The van der Waals surface area contributed by atoms with Crippen LogP contribution in [-0.2, 0) is 6.54 Å². The molecule has 0 bridgehead atoms. The molecule has 88 valence electrons. The third kappa shape index (κ3) is 2.82. The number of nitrogens with one attached hydrogen (secondary N) is 2. The van der Waals surface area contributed by atoms with Crippen molar-refractivity contribution >= 4 is 17.5 Å². The van der Waals surface area contributed by atoms with E-state index < -0.39 is 5.82 Å². The van der Waals surface area contributed by atoms with Gasteiger partial charge in [-0.15, -0.1) is 0 Å². The van der Waals surface area contributed by atoms with Crippen molar-refractivity contribution in [1.82, 2.24) is 15.5 Å². The molecule has 17 heavy (non-hydrogen) atoms. The number of amides is 1. The Morgan fingerprint density at radius 1 is 1.53 bits per heavy atom. The fourth-order valence-electron chi connectivity index (χ4n) is 1.32. The number of aromatic nitrogens is 2. The molecule has 2 N–H and O–H groups in total. The molecule has 6 heteroatoms. The number of nitrogens with zero attached hydrogens (tertiary/aromatic N) is 1. The van der Waals surface area contributed by atoms with Crippen LogP contribution in [0.1, 0.15) is 15.9 Å². The van der Waals surface area contributed by atoms with Crippen molar-refractivity contribution in [3.05, 3.63) is 52.6 Å². The van der Waals surface area contributed by atoms with Gasteiger partial charge in [-0.25, -0.2) is 4.39 Å². The lowest BCUT2D eigenvalue weighted by atomic mass is 10.2. The predicted molar refractivity (Wildman–Crippen MR) is 61.2 cm³/mol. The van der Waals surface area contributed by atoms with Crippen molar-refractivity contribution in [2.45, 2.75) is 6.54 Å². The summed E-state index contributed by atoms with van der Waals surface area (Å²) in [5.74, 6) is -0.668. The largest absolute Gasteiger partial charge is 0.348 e. The van der Waals surface area contributed by atoms with Gasteiger partial charge in [-0.3, -0.25) is 9.89 Å². The zero-order chi connectivity index (χ0) is 12.3. The number of carbonyl (C=O) groups excluding carboxylic acids is 1. The summed E-state index contributed by atoms with van der Waals surface area (Å²) in [4.78, 5) is 11.6. The maximum Gasteiger partial charge on any atom is 0.254 e. The van der Waals surface area contributed by atoms with Crippen LogP contribution in [-0.4, -0.2) is 16.1 Å². The first-order chi connectivity index (χ1) is 8.16. The Hall–Kier alpha value is -1.88. The minimum atomic E-state index is -0.403. The molecule has 2 rings (SSSR count). The molecule has 0 aliphatic carbocycles. The van der Waals surface area contributed by atoms with E-state index in [2.05, 4.69) is 15.5 Å². The molecule has 1 amide bonds. The Balaban J connectivity index is 2.01. The number of halogens is 2. The highest BCUT2D eigenvalue weighted by molar-refractivity contribution is 6.31. The molecule has 1 aromatic heterocycles. The highest BCUT2D eigenvalue weighted by Crippen LogP contribution is 2.16. The number of aromatic amines is 1. The van der Waals surface area contributed by atoms with Gasteiger partial charge in [-0.2, -0.15) is 5.10 Å². The molecule has 0 fully saturated rings. The molecule has 0 aliphatic rings. The van der Waals surface area contributed by atoms with Crippen molar-refractivity contribution in [3.8, 4) is 0 Å². The summed E-state index contributed by atoms with van der Waals surface area (Å²) < 4.78 is 12.8. The molecule has 1 heterocycles. The van der Waals surface area contributed by atoms with Gasteiger partial charge in [0.1, 0.15) is 5.82 Å². The van der Waals surface area contributed by atoms with Crippen molar-refractivity contribution in [2.24, 2.45) is 0 Å². The van der Waals surface area contributed by atoms with Gasteiger partial charge in [0.15, 0.2) is 0 Å². The van der Waals surface area contributed by atoms with Gasteiger partial charge in [0.25, 0.3) is 5.91 Å². The molecular formula is C11H9ClFN3O. The minimum Gasteiger partial charge on any atom is -0.348 e. The van der Waals surface area contributed by atoms with Crippen LogP contribution in [0.4, 0.5) is 4.39 Å². The van der Waals surface area contributed by atoms with E-state index in [9.17, 15) is 9.18 Å². The average molecular weight is 254 g/mol. The van der Waals surface area contributed by atoms with Crippen LogP contribution in [0, 0.1) is 5.82 Å². The van der Waals surface area contributed by atoms with Crippen LogP contribution < -0.4 is 5.32 Å². The van der Waals surface area contributed by atoms with E-state index in [1.807, 2.05) is 0 Å². The number of hydrogen-bond acceptors (Lipinski definition) is 2. The molecule has 0 unspecified atom stereocenters. The van der Waals surface area contributed by atoms with Crippen LogP contribution >= 0.6 is 11.6 Å². The molecule has 0 radical (unpaired) electrons. The van der Waals surface area contributed by atoms with E-state index >= 15 is 0 Å². The highest BCUT2D eigenvalue weighted by Gasteiger charge is 2.07. The Labute approximate surface area is 102 Å². The van der Waals surface area contributed by atoms with E-state index in [-0.39, 0.29) is 17.5 Å². The monoisotopic (exact) mass is 253 g/mol. The molecular weight excluding hydrogens is 245 g/mol. The minimum absolute atomic E-state index is 0.239. The summed E-state index contributed by atoms with van der Waals surface area (Å²) in [5.41, 5.74) is 1.09. The lowest BCUT2D eigenvalue weighted by Crippen LogP contribution is -2.22. The smallest absolute Gasteiger partial charge is 0.254 e. The molecule has 0 saturated carbocycles. The van der Waals surface area contributed by atoms with E-state index in [1.54, 1.807) is 0 Å². The van der Waals surface area contributed by atoms with Gasteiger partial charge in [-0.05, 0) is 17.7 Å². The third-order valence-corrected chi connectivity index (χ3v) is 2.57. The Morgan fingerprint density at radius 2 is 2.35 bits per heavy atom. The van der Waals surface area contributed by atoms with Crippen molar-refractivity contribution in [3.63, 3.8) is 0 Å². The summed E-state index contributed by atoms with van der Waals surface area (Å²) in [5, 5.41) is 9.15. The highest BCUT2D eigenvalue weighted by atomic mass is 35.5. The van der Waals surface area contributed by atoms with Gasteiger partial charge in [0.05, 0.1) is 11.8 Å². The third-order valence-electron chi connectivity index (χ3n) is 2.21. The number of carbonyl (C=O) groups is 1. The Kier molecular flexibility index (Phi) is 3.39. The van der Waals surface area contributed by atoms with Crippen molar-refractivity contribution in [1.29, 1.82) is 0 Å². The topological polar surface area (TPSA) is 57.8 Å². The summed E-state index contributed by atoms with van der Waals surface area (Å²) in [6.45, 7) is 0.239. The normalized spacial score (nSPS) is 10.2. The molecule has 2 aromatic rings. The van der Waals surface area contributed by atoms with Gasteiger partial charge in [0.2, 0.25) is 0 Å². The number of hydrogen-bond donors (Lipinski definition) is 2. The maximum absolute atomic E-state index is 12.8. The Morgan fingerprint density at radius 3 is 3.00 bits per heavy atom. The quantitative estimate of drug-likeness (QED) is 0.880. The standard InChI is InChI=1S/C11H9ClFN3O/c12-10-3-9(13)2-1-7(10)4-14-11(17)8-5-15-16-6-8/h1-3,5-6H,4H2,(H,14,17)(H,15,16). The Bertz CT molecular complexity index is 528. The second-order valence-electron chi connectivity index (χ2n) is 3.41. The van der Waals surface area contributed by atoms with Crippen LogP contribution in [0.15, 0.2) is 30.6 Å². The summed E-state index contributed by atoms with van der Waals surface area (Å²) in [6.07, 6.45) is 2.91.